The average molecular weight is 694 g/mol. The third-order valence-corrected chi connectivity index (χ3v) is 4.87. The summed E-state index contributed by atoms with van der Waals surface area (Å²) < 4.78 is 348. The first kappa shape index (κ1) is 37.5. The fourth-order valence-electron chi connectivity index (χ4n) is 2.80. The van der Waals surface area contributed by atoms with E-state index >= 15 is 0 Å². The smallest absolute Gasteiger partial charge is 0.447 e. The van der Waals surface area contributed by atoms with E-state index in [0.717, 1.165) is 0 Å². The van der Waals surface area contributed by atoms with Crippen LogP contribution in [-0.2, 0) is 9.47 Å². The highest BCUT2D eigenvalue weighted by molar-refractivity contribution is 5.35. The van der Waals surface area contributed by atoms with Gasteiger partial charge in [-0.15, -0.1) is 0 Å². The molecule has 0 aromatic carbocycles. The Morgan fingerprint density at radius 3 is 0.571 bits per heavy atom. The van der Waals surface area contributed by atoms with Gasteiger partial charge in [-0.3, -0.25) is 0 Å². The number of hydrogen-bond donors (Lipinski definition) is 0. The van der Waals surface area contributed by atoms with Gasteiger partial charge in [0.1, 0.15) is 0 Å². The second-order valence-electron chi connectivity index (χ2n) is 7.51. The van der Waals surface area contributed by atoms with E-state index in [2.05, 4.69) is 0 Å². The SMILES string of the molecule is FC(F)(F)C(OC1=C(OC(C(F)(F)F)(C(F)(F)F)C(F)(F)F)C(F)(F)C(F)(F)C(F)(F)C1(F)F)(C(F)(F)F)C(F)(F)F. The maximum Gasteiger partial charge on any atom is 0.447 e. The van der Waals surface area contributed by atoms with Crippen LogP contribution in [0.2, 0.25) is 0 Å². The molecule has 250 valence electrons. The minimum Gasteiger partial charge on any atom is -0.456 e. The zero-order chi connectivity index (χ0) is 34.6. The van der Waals surface area contributed by atoms with E-state index in [4.69, 9.17) is 0 Å². The van der Waals surface area contributed by atoms with Gasteiger partial charge >= 0.3 is 72.0 Å². The molecule has 0 saturated carbocycles. The van der Waals surface area contributed by atoms with Crippen LogP contribution in [0, 0.1) is 0 Å². The molecule has 0 fully saturated rings. The largest absolute Gasteiger partial charge is 0.456 e. The Bertz CT molecular complexity index is 897. The quantitative estimate of drug-likeness (QED) is 0.275. The number of hydrogen-bond acceptors (Lipinski definition) is 2. The maximum absolute atomic E-state index is 14.1. The predicted octanol–water partition coefficient (Wildman–Crippen LogP) is 8.64. The molecule has 42 heavy (non-hydrogen) atoms. The minimum atomic E-state index is -8.74. The maximum atomic E-state index is 14.1. The second-order valence-corrected chi connectivity index (χ2v) is 7.51. The Morgan fingerprint density at radius 2 is 0.452 bits per heavy atom. The molecule has 0 bridgehead atoms. The third-order valence-electron chi connectivity index (χ3n) is 4.87. The van der Waals surface area contributed by atoms with Gasteiger partial charge < -0.3 is 9.47 Å². The molecule has 0 N–H and O–H groups in total. The van der Waals surface area contributed by atoms with Crippen LogP contribution < -0.4 is 0 Å². The minimum absolute atomic E-state index is 1.48. The van der Waals surface area contributed by atoms with Crippen LogP contribution in [0.5, 0.6) is 0 Å². The van der Waals surface area contributed by atoms with Crippen molar-refractivity contribution in [1.82, 2.24) is 0 Å². The Balaban J connectivity index is 4.73. The first-order chi connectivity index (χ1) is 17.7. The highest BCUT2D eigenvalue weighted by atomic mass is 19.5. The summed E-state index contributed by atoms with van der Waals surface area (Å²) in [5, 5.41) is 0. The van der Waals surface area contributed by atoms with Gasteiger partial charge in [0.2, 0.25) is 11.5 Å². The average Bonchev–Trinajstić information content (AvgIpc) is 2.62. The van der Waals surface area contributed by atoms with E-state index in [9.17, 15) is 114 Å². The molecule has 0 radical (unpaired) electrons. The first-order valence-electron chi connectivity index (χ1n) is 8.73. The van der Waals surface area contributed by atoms with E-state index in [1.54, 1.807) is 0 Å². The Labute approximate surface area is 208 Å². The van der Waals surface area contributed by atoms with Gasteiger partial charge in [0.25, 0.3) is 0 Å². The molecule has 1 aliphatic carbocycles. The van der Waals surface area contributed by atoms with Crippen LogP contribution >= 0.6 is 0 Å². The topological polar surface area (TPSA) is 18.5 Å². The standard InChI is InChI=1S/C14F26O2/c15-3(16)1(41-5(9(23,24)25,10(26,27)28)11(29,30)31)2(4(17,18)8(21,22)7(3,19)20)42-6(12(32,33)34,13(35,36)37)14(38,39)40. The van der Waals surface area contributed by atoms with Crippen molar-refractivity contribution in [3.8, 4) is 0 Å². The molecular formula is C14F26O2. The normalized spacial score (nSPS) is 22.2. The van der Waals surface area contributed by atoms with Crippen LogP contribution in [0.3, 0.4) is 0 Å². The Hall–Kier alpha value is -2.48. The van der Waals surface area contributed by atoms with Crippen molar-refractivity contribution in [2.24, 2.45) is 0 Å². The first-order valence-corrected chi connectivity index (χ1v) is 8.73. The summed E-state index contributed by atoms with van der Waals surface area (Å²) >= 11 is 0. The molecule has 1 aliphatic rings. The van der Waals surface area contributed by atoms with Gasteiger partial charge in [-0.1, -0.05) is 0 Å². The lowest BCUT2D eigenvalue weighted by atomic mass is 9.87. The van der Waals surface area contributed by atoms with Crippen LogP contribution in [0.15, 0.2) is 11.5 Å². The van der Waals surface area contributed by atoms with Crippen LogP contribution in [0.4, 0.5) is 114 Å². The number of allylic oxidation sites excluding steroid dienone is 2. The summed E-state index contributed by atoms with van der Waals surface area (Å²) in [6.45, 7) is 0. The van der Waals surface area contributed by atoms with Gasteiger partial charge in [-0.25, -0.2) is 0 Å². The monoisotopic (exact) mass is 694 g/mol. The fourth-order valence-corrected chi connectivity index (χ4v) is 2.80. The number of ether oxygens (including phenoxy) is 2. The van der Waals surface area contributed by atoms with Crippen molar-refractivity contribution in [2.75, 3.05) is 0 Å². The summed E-state index contributed by atoms with van der Waals surface area (Å²) in [4.78, 5) is 0. The number of halogens is 26. The van der Waals surface area contributed by atoms with Gasteiger partial charge in [-0.2, -0.15) is 114 Å². The molecule has 0 aromatic heterocycles. The molecular weight excluding hydrogens is 694 g/mol. The summed E-state index contributed by atoms with van der Waals surface area (Å²) in [5.74, 6) is -45.7. The molecule has 0 unspecified atom stereocenters. The third kappa shape index (κ3) is 4.58. The van der Waals surface area contributed by atoms with E-state index < -0.39 is 83.5 Å². The lowest BCUT2D eigenvalue weighted by Crippen LogP contribution is -2.74. The molecule has 0 spiro atoms. The van der Waals surface area contributed by atoms with E-state index in [0.29, 0.717) is 0 Å². The summed E-state index contributed by atoms with van der Waals surface area (Å²) in [5.41, 5.74) is -17.5. The van der Waals surface area contributed by atoms with E-state index in [1.807, 2.05) is 0 Å². The van der Waals surface area contributed by atoms with E-state index in [-0.39, 0.29) is 0 Å². The van der Waals surface area contributed by atoms with Crippen molar-refractivity contribution < 1.29 is 124 Å². The lowest BCUT2D eigenvalue weighted by Gasteiger charge is -2.48. The molecule has 28 heteroatoms. The number of alkyl halides is 26. The molecule has 0 aliphatic heterocycles. The van der Waals surface area contributed by atoms with Gasteiger partial charge in [-0.05, 0) is 0 Å². The van der Waals surface area contributed by atoms with Crippen LogP contribution in [-0.4, -0.2) is 72.0 Å². The highest BCUT2D eigenvalue weighted by Crippen LogP contribution is 2.67. The summed E-state index contributed by atoms with van der Waals surface area (Å²) in [7, 11) is 0. The Morgan fingerprint density at radius 1 is 0.310 bits per heavy atom. The highest BCUT2D eigenvalue weighted by Gasteiger charge is 2.94. The predicted molar refractivity (Wildman–Crippen MR) is 70.8 cm³/mol. The molecule has 0 saturated heterocycles. The van der Waals surface area contributed by atoms with Gasteiger partial charge in [0.05, 0.1) is 0 Å². The molecule has 0 heterocycles. The second kappa shape index (κ2) is 9.02. The van der Waals surface area contributed by atoms with Gasteiger partial charge in [0.15, 0.2) is 0 Å². The molecule has 0 atom stereocenters. The Kier molecular flexibility index (Phi) is 8.07. The number of rotatable bonds is 4. The zero-order valence-electron chi connectivity index (χ0n) is 17.6. The lowest BCUT2D eigenvalue weighted by molar-refractivity contribution is -0.473. The van der Waals surface area contributed by atoms with E-state index in [1.165, 1.54) is 9.47 Å². The van der Waals surface area contributed by atoms with Crippen molar-refractivity contribution in [1.29, 1.82) is 0 Å². The summed E-state index contributed by atoms with van der Waals surface area (Å²) in [6, 6.07) is 0. The molecule has 2 nitrogen and oxygen atoms in total. The van der Waals surface area contributed by atoms with Crippen LogP contribution in [0.25, 0.3) is 0 Å². The van der Waals surface area contributed by atoms with Crippen LogP contribution in [0.1, 0.15) is 0 Å². The zero-order valence-corrected chi connectivity index (χ0v) is 17.6. The molecule has 1 rings (SSSR count). The molecule has 0 amide bonds. The van der Waals surface area contributed by atoms with Crippen molar-refractivity contribution in [3.05, 3.63) is 11.5 Å². The van der Waals surface area contributed by atoms with Crippen molar-refractivity contribution in [3.63, 3.8) is 0 Å². The fraction of sp³-hybridized carbons (Fsp3) is 0.857. The van der Waals surface area contributed by atoms with Crippen molar-refractivity contribution >= 4 is 0 Å². The van der Waals surface area contributed by atoms with Crippen molar-refractivity contribution in [2.45, 2.75) is 72.0 Å². The molecule has 0 aromatic rings. The summed E-state index contributed by atoms with van der Waals surface area (Å²) in [6.07, 6.45) is -51.5. The van der Waals surface area contributed by atoms with Gasteiger partial charge in [0, 0.05) is 0 Å².